The van der Waals surface area contributed by atoms with Gasteiger partial charge < -0.3 is 9.90 Å². The van der Waals surface area contributed by atoms with E-state index in [0.717, 1.165) is 22.9 Å². The first-order valence-electron chi connectivity index (χ1n) is 6.65. The summed E-state index contributed by atoms with van der Waals surface area (Å²) in [7, 11) is 0. The molecular weight excluding hydrogens is 292 g/mol. The van der Waals surface area contributed by atoms with E-state index in [0.29, 0.717) is 5.56 Å². The number of unbranched alkanes of at least 4 members (excludes halogenated alkanes) is 5. The highest BCUT2D eigenvalue weighted by atomic mass is 79.9. The van der Waals surface area contributed by atoms with Crippen molar-refractivity contribution in [3.63, 3.8) is 0 Å². The molecule has 3 heteroatoms. The zero-order chi connectivity index (χ0) is 13.4. The summed E-state index contributed by atoms with van der Waals surface area (Å²) in [5.41, 5.74) is 1.20. The predicted molar refractivity (Wildman–Crippen MR) is 75.6 cm³/mol. The number of halogens is 1. The Morgan fingerprint density at radius 2 is 1.83 bits per heavy atom. The van der Waals surface area contributed by atoms with Crippen LogP contribution in [0.5, 0.6) is 0 Å². The lowest BCUT2D eigenvalue weighted by Gasteiger charge is -2.11. The van der Waals surface area contributed by atoms with Gasteiger partial charge in [-0.15, -0.1) is 0 Å². The molecule has 0 bridgehead atoms. The third-order valence-corrected chi connectivity index (χ3v) is 3.58. The molecule has 1 aromatic rings. The predicted octanol–water partition coefficient (Wildman–Crippen LogP) is 3.72. The Hall–Kier alpha value is -0.830. The average molecular weight is 312 g/mol. The van der Waals surface area contributed by atoms with Gasteiger partial charge in [-0.1, -0.05) is 61.0 Å². The van der Waals surface area contributed by atoms with Crippen LogP contribution in [-0.4, -0.2) is 5.97 Å². The smallest absolute Gasteiger partial charge is 0.0718 e. The van der Waals surface area contributed by atoms with E-state index in [1.807, 2.05) is 6.07 Å². The lowest BCUT2D eigenvalue weighted by Crippen LogP contribution is -2.23. The van der Waals surface area contributed by atoms with E-state index in [-0.39, 0.29) is 0 Å². The third-order valence-electron chi connectivity index (χ3n) is 3.09. The Morgan fingerprint density at radius 1 is 1.17 bits per heavy atom. The number of aromatic carboxylic acids is 1. The summed E-state index contributed by atoms with van der Waals surface area (Å²) in [6.07, 6.45) is 8.08. The molecule has 0 aliphatic heterocycles. The van der Waals surface area contributed by atoms with Crippen LogP contribution in [0, 0.1) is 0 Å². The zero-order valence-corrected chi connectivity index (χ0v) is 12.5. The van der Waals surface area contributed by atoms with Crippen molar-refractivity contribution in [1.29, 1.82) is 0 Å². The highest BCUT2D eigenvalue weighted by Gasteiger charge is 2.04. The molecule has 0 spiro atoms. The molecule has 0 aliphatic carbocycles. The molecule has 0 heterocycles. The normalized spacial score (nSPS) is 10.6. The molecule has 0 atom stereocenters. The number of benzene rings is 1. The minimum Gasteiger partial charge on any atom is -0.545 e. The van der Waals surface area contributed by atoms with E-state index < -0.39 is 5.97 Å². The molecule has 2 nitrogen and oxygen atoms in total. The number of carboxylic acid groups (broad SMARTS) is 1. The van der Waals surface area contributed by atoms with Crippen LogP contribution in [0.3, 0.4) is 0 Å². The molecule has 0 aliphatic rings. The minimum atomic E-state index is -1.08. The summed E-state index contributed by atoms with van der Waals surface area (Å²) in [5.74, 6) is -1.08. The number of aryl methyl sites for hydroxylation is 1. The number of carboxylic acids is 1. The number of hydrogen-bond acceptors (Lipinski definition) is 2. The van der Waals surface area contributed by atoms with Gasteiger partial charge in [-0.05, 0) is 30.5 Å². The molecule has 0 saturated carbocycles. The van der Waals surface area contributed by atoms with Gasteiger partial charge in [0.05, 0.1) is 5.97 Å². The van der Waals surface area contributed by atoms with Crippen molar-refractivity contribution in [2.45, 2.75) is 51.9 Å². The maximum atomic E-state index is 11.0. The van der Waals surface area contributed by atoms with Crippen LogP contribution in [0.25, 0.3) is 0 Å². The van der Waals surface area contributed by atoms with Crippen LogP contribution in [0.4, 0.5) is 0 Å². The van der Waals surface area contributed by atoms with Gasteiger partial charge in [0.25, 0.3) is 0 Å². The highest BCUT2D eigenvalue weighted by Crippen LogP contribution is 2.19. The van der Waals surface area contributed by atoms with Crippen LogP contribution in [0.2, 0.25) is 0 Å². The van der Waals surface area contributed by atoms with Gasteiger partial charge in [0.1, 0.15) is 0 Å². The molecule has 0 N–H and O–H groups in total. The molecule has 18 heavy (non-hydrogen) atoms. The largest absolute Gasteiger partial charge is 0.545 e. The molecule has 0 saturated heterocycles. The van der Waals surface area contributed by atoms with E-state index in [1.54, 1.807) is 12.1 Å². The van der Waals surface area contributed by atoms with E-state index in [2.05, 4.69) is 22.9 Å². The molecule has 0 unspecified atom stereocenters. The Balaban J connectivity index is 2.45. The fraction of sp³-hybridized carbons (Fsp3) is 0.533. The van der Waals surface area contributed by atoms with Crippen LogP contribution in [-0.2, 0) is 6.42 Å². The highest BCUT2D eigenvalue weighted by molar-refractivity contribution is 9.10. The molecule has 1 aromatic carbocycles. The first kappa shape index (κ1) is 15.2. The molecule has 0 fully saturated rings. The fourth-order valence-corrected chi connectivity index (χ4v) is 2.47. The van der Waals surface area contributed by atoms with E-state index in [1.165, 1.54) is 32.1 Å². The number of rotatable bonds is 8. The Labute approximate surface area is 118 Å². The molecular formula is C15H20BrO2-. The summed E-state index contributed by atoms with van der Waals surface area (Å²) in [5, 5.41) is 11.0. The van der Waals surface area contributed by atoms with E-state index in [4.69, 9.17) is 0 Å². The number of carbonyl (C=O) groups excluding carboxylic acids is 1. The van der Waals surface area contributed by atoms with Gasteiger partial charge in [0, 0.05) is 10.0 Å². The molecule has 1 rings (SSSR count). The van der Waals surface area contributed by atoms with Crippen LogP contribution >= 0.6 is 15.9 Å². The van der Waals surface area contributed by atoms with Gasteiger partial charge in [-0.2, -0.15) is 0 Å². The number of hydrogen-bond donors (Lipinski definition) is 0. The van der Waals surface area contributed by atoms with E-state index >= 15 is 0 Å². The SMILES string of the molecule is CCCCCCCCc1cc(Br)ccc1C(=O)[O-]. The molecule has 0 radical (unpaired) electrons. The summed E-state index contributed by atoms with van der Waals surface area (Å²) >= 11 is 3.38. The molecule has 0 amide bonds. The van der Waals surface area contributed by atoms with Crippen LogP contribution in [0.15, 0.2) is 22.7 Å². The van der Waals surface area contributed by atoms with Crippen molar-refractivity contribution in [2.75, 3.05) is 0 Å². The molecule has 100 valence electrons. The number of carbonyl (C=O) groups is 1. The van der Waals surface area contributed by atoms with Gasteiger partial charge in [-0.3, -0.25) is 0 Å². The average Bonchev–Trinajstić information content (AvgIpc) is 2.33. The van der Waals surface area contributed by atoms with Crippen LogP contribution < -0.4 is 5.11 Å². The van der Waals surface area contributed by atoms with Crippen molar-refractivity contribution in [3.05, 3.63) is 33.8 Å². The topological polar surface area (TPSA) is 40.1 Å². The quantitative estimate of drug-likeness (QED) is 0.686. The second-order valence-corrected chi connectivity index (χ2v) is 5.52. The fourth-order valence-electron chi connectivity index (χ4n) is 2.06. The van der Waals surface area contributed by atoms with Crippen molar-refractivity contribution in [1.82, 2.24) is 0 Å². The maximum Gasteiger partial charge on any atom is 0.0718 e. The summed E-state index contributed by atoms with van der Waals surface area (Å²) in [4.78, 5) is 11.0. The second-order valence-electron chi connectivity index (χ2n) is 4.61. The van der Waals surface area contributed by atoms with Gasteiger partial charge in [0.15, 0.2) is 0 Å². The van der Waals surface area contributed by atoms with Crippen molar-refractivity contribution in [3.8, 4) is 0 Å². The second kappa shape index (κ2) is 8.30. The lowest BCUT2D eigenvalue weighted by molar-refractivity contribution is -0.255. The van der Waals surface area contributed by atoms with Crippen LogP contribution in [0.1, 0.15) is 61.4 Å². The van der Waals surface area contributed by atoms with Gasteiger partial charge in [0.2, 0.25) is 0 Å². The Kier molecular flexibility index (Phi) is 7.02. The Bertz CT molecular complexity index is 388. The first-order chi connectivity index (χ1) is 8.65. The van der Waals surface area contributed by atoms with Crippen molar-refractivity contribution < 1.29 is 9.90 Å². The standard InChI is InChI=1S/C15H21BrO2/c1-2-3-4-5-6-7-8-12-11-13(16)9-10-14(12)15(17)18/h9-11H,2-8H2,1H3,(H,17,18)/p-1. The third kappa shape index (κ3) is 5.21. The van der Waals surface area contributed by atoms with Gasteiger partial charge in [-0.25, -0.2) is 0 Å². The summed E-state index contributed by atoms with van der Waals surface area (Å²) < 4.78 is 0.925. The Morgan fingerprint density at radius 3 is 2.50 bits per heavy atom. The maximum absolute atomic E-state index is 11.0. The summed E-state index contributed by atoms with van der Waals surface area (Å²) in [6, 6.07) is 5.25. The lowest BCUT2D eigenvalue weighted by atomic mass is 10.0. The molecule has 0 aromatic heterocycles. The zero-order valence-electron chi connectivity index (χ0n) is 10.9. The van der Waals surface area contributed by atoms with E-state index in [9.17, 15) is 9.90 Å². The van der Waals surface area contributed by atoms with Crippen molar-refractivity contribution >= 4 is 21.9 Å². The van der Waals surface area contributed by atoms with Crippen molar-refractivity contribution in [2.24, 2.45) is 0 Å². The monoisotopic (exact) mass is 311 g/mol. The minimum absolute atomic E-state index is 0.326. The first-order valence-corrected chi connectivity index (χ1v) is 7.44. The van der Waals surface area contributed by atoms with Gasteiger partial charge >= 0.3 is 0 Å². The summed E-state index contributed by atoms with van der Waals surface area (Å²) in [6.45, 7) is 2.20.